The van der Waals surface area contributed by atoms with E-state index in [0.717, 1.165) is 0 Å². The molecule has 2 heterocycles. The van der Waals surface area contributed by atoms with Crippen molar-refractivity contribution in [2.75, 3.05) is 0 Å². The summed E-state index contributed by atoms with van der Waals surface area (Å²) in [4.78, 5) is 1.35. The van der Waals surface area contributed by atoms with E-state index >= 15 is 0 Å². The average molecular weight is 242 g/mol. The van der Waals surface area contributed by atoms with Crippen molar-refractivity contribution in [2.45, 2.75) is 0 Å². The number of rotatable bonds is 2. The van der Waals surface area contributed by atoms with Crippen LogP contribution in [-0.4, -0.2) is 0 Å². The molecule has 0 amide bonds. The molecule has 0 aliphatic heterocycles. The molecule has 1 aromatic carbocycles. The summed E-state index contributed by atoms with van der Waals surface area (Å²) in [6.07, 6.45) is 0. The number of hydrogen-bond acceptors (Lipinski definition) is 2. The molecule has 0 unspecified atom stereocenters. The van der Waals surface area contributed by atoms with Crippen LogP contribution < -0.4 is 0 Å². The molecule has 3 aromatic rings. The first-order valence-electron chi connectivity index (χ1n) is 5.10. The van der Waals surface area contributed by atoms with Crippen molar-refractivity contribution in [1.82, 2.24) is 0 Å². The number of benzene rings is 1. The Balaban J connectivity index is 2.14. The van der Waals surface area contributed by atoms with E-state index in [1.807, 2.05) is 0 Å². The second-order valence-electron chi connectivity index (χ2n) is 3.54. The third-order valence-corrected chi connectivity index (χ3v) is 4.18. The summed E-state index contributed by atoms with van der Waals surface area (Å²) in [5, 5.41) is 6.58. The normalized spacial score (nSPS) is 10.5. The first-order chi connectivity index (χ1) is 7.95. The minimum absolute atomic E-state index is 1.30. The van der Waals surface area contributed by atoms with Crippen LogP contribution in [0.1, 0.15) is 0 Å². The summed E-state index contributed by atoms with van der Waals surface area (Å²) < 4.78 is 0. The maximum absolute atomic E-state index is 2.23. The molecule has 2 heteroatoms. The van der Waals surface area contributed by atoms with Crippen LogP contribution in [0.15, 0.2) is 58.6 Å². The molecule has 0 spiro atoms. The topological polar surface area (TPSA) is 0 Å². The third-order valence-electron chi connectivity index (χ3n) is 2.53. The monoisotopic (exact) mass is 242 g/mol. The summed E-state index contributed by atoms with van der Waals surface area (Å²) in [5.74, 6) is 0. The van der Waals surface area contributed by atoms with Crippen molar-refractivity contribution in [1.29, 1.82) is 0 Å². The molecule has 0 N–H and O–H groups in total. The molecular weight excluding hydrogens is 232 g/mol. The van der Waals surface area contributed by atoms with Crippen molar-refractivity contribution in [3.8, 4) is 21.6 Å². The SMILES string of the molecule is c1ccc(-c2cscc2-c2cccs2)cc1. The summed E-state index contributed by atoms with van der Waals surface area (Å²) in [7, 11) is 0. The Labute approximate surface area is 103 Å². The van der Waals surface area contributed by atoms with Crippen LogP contribution in [0.25, 0.3) is 21.6 Å². The molecule has 0 aliphatic carbocycles. The van der Waals surface area contributed by atoms with Gasteiger partial charge in [-0.25, -0.2) is 0 Å². The van der Waals surface area contributed by atoms with E-state index in [9.17, 15) is 0 Å². The van der Waals surface area contributed by atoms with Gasteiger partial charge in [0.25, 0.3) is 0 Å². The Morgan fingerprint density at radius 1 is 0.750 bits per heavy atom. The summed E-state index contributed by atoms with van der Waals surface area (Å²) in [6.45, 7) is 0. The fourth-order valence-electron chi connectivity index (χ4n) is 1.76. The van der Waals surface area contributed by atoms with Gasteiger partial charge in [0, 0.05) is 16.0 Å². The molecule has 2 aromatic heterocycles. The van der Waals surface area contributed by atoms with Crippen LogP contribution in [0.3, 0.4) is 0 Å². The first kappa shape index (κ1) is 9.82. The Bertz CT molecular complexity index is 562. The van der Waals surface area contributed by atoms with Gasteiger partial charge >= 0.3 is 0 Å². The minimum Gasteiger partial charge on any atom is -0.151 e. The molecule has 0 bridgehead atoms. The highest BCUT2D eigenvalue weighted by atomic mass is 32.1. The maximum Gasteiger partial charge on any atom is 0.0357 e. The molecule has 0 aliphatic rings. The van der Waals surface area contributed by atoms with Crippen LogP contribution in [0.2, 0.25) is 0 Å². The van der Waals surface area contributed by atoms with Crippen LogP contribution in [-0.2, 0) is 0 Å². The molecular formula is C14H10S2. The lowest BCUT2D eigenvalue weighted by Gasteiger charge is -2.01. The molecule has 78 valence electrons. The average Bonchev–Trinajstić information content (AvgIpc) is 3.01. The van der Waals surface area contributed by atoms with Crippen LogP contribution in [0, 0.1) is 0 Å². The number of thiophene rings is 2. The molecule has 0 saturated carbocycles. The Hall–Kier alpha value is -1.38. The Morgan fingerprint density at radius 3 is 2.31 bits per heavy atom. The van der Waals surface area contributed by atoms with Gasteiger partial charge in [-0.15, -0.1) is 11.3 Å². The van der Waals surface area contributed by atoms with Crippen LogP contribution in [0.4, 0.5) is 0 Å². The number of hydrogen-bond donors (Lipinski definition) is 0. The lowest BCUT2D eigenvalue weighted by Crippen LogP contribution is -1.75. The van der Waals surface area contributed by atoms with Crippen molar-refractivity contribution in [2.24, 2.45) is 0 Å². The van der Waals surface area contributed by atoms with E-state index in [2.05, 4.69) is 58.6 Å². The summed E-state index contributed by atoms with van der Waals surface area (Å²) in [5.41, 5.74) is 3.99. The van der Waals surface area contributed by atoms with Crippen molar-refractivity contribution in [3.05, 3.63) is 58.6 Å². The first-order valence-corrected chi connectivity index (χ1v) is 6.93. The van der Waals surface area contributed by atoms with Gasteiger partial charge in [-0.1, -0.05) is 36.4 Å². The van der Waals surface area contributed by atoms with Gasteiger partial charge in [-0.05, 0) is 27.8 Å². The van der Waals surface area contributed by atoms with Crippen molar-refractivity contribution < 1.29 is 0 Å². The van der Waals surface area contributed by atoms with E-state index in [-0.39, 0.29) is 0 Å². The molecule has 0 radical (unpaired) electrons. The second kappa shape index (κ2) is 4.24. The molecule has 0 fully saturated rings. The maximum atomic E-state index is 2.23. The lowest BCUT2D eigenvalue weighted by molar-refractivity contribution is 1.67. The highest BCUT2D eigenvalue weighted by molar-refractivity contribution is 7.14. The quantitative estimate of drug-likeness (QED) is 0.583. The van der Waals surface area contributed by atoms with Gasteiger partial charge in [0.05, 0.1) is 0 Å². The predicted octanol–water partition coefficient (Wildman–Crippen LogP) is 5.14. The zero-order valence-electron chi connectivity index (χ0n) is 8.59. The van der Waals surface area contributed by atoms with E-state index in [1.165, 1.54) is 21.6 Å². The van der Waals surface area contributed by atoms with E-state index in [1.54, 1.807) is 22.7 Å². The second-order valence-corrected chi connectivity index (χ2v) is 5.23. The smallest absolute Gasteiger partial charge is 0.0357 e. The van der Waals surface area contributed by atoms with Crippen molar-refractivity contribution >= 4 is 22.7 Å². The third kappa shape index (κ3) is 1.70. The van der Waals surface area contributed by atoms with E-state index in [0.29, 0.717) is 0 Å². The fourth-order valence-corrected chi connectivity index (χ4v) is 3.45. The van der Waals surface area contributed by atoms with Gasteiger partial charge in [0.1, 0.15) is 0 Å². The molecule has 3 rings (SSSR count). The largest absolute Gasteiger partial charge is 0.151 e. The summed E-state index contributed by atoms with van der Waals surface area (Å²) in [6, 6.07) is 14.8. The highest BCUT2D eigenvalue weighted by Crippen LogP contribution is 2.37. The summed E-state index contributed by atoms with van der Waals surface area (Å²) >= 11 is 3.56. The van der Waals surface area contributed by atoms with Crippen LogP contribution in [0.5, 0.6) is 0 Å². The Kier molecular flexibility index (Phi) is 2.60. The van der Waals surface area contributed by atoms with Gasteiger partial charge in [-0.2, -0.15) is 11.3 Å². The lowest BCUT2D eigenvalue weighted by atomic mass is 10.0. The highest BCUT2D eigenvalue weighted by Gasteiger charge is 2.08. The molecule has 16 heavy (non-hydrogen) atoms. The molecule has 0 saturated heterocycles. The molecule has 0 nitrogen and oxygen atoms in total. The predicted molar refractivity (Wildman–Crippen MR) is 73.1 cm³/mol. The minimum atomic E-state index is 1.30. The molecule has 0 atom stereocenters. The Morgan fingerprint density at radius 2 is 1.56 bits per heavy atom. The van der Waals surface area contributed by atoms with Gasteiger partial charge in [0.15, 0.2) is 0 Å². The fraction of sp³-hybridized carbons (Fsp3) is 0. The zero-order valence-corrected chi connectivity index (χ0v) is 10.2. The zero-order chi connectivity index (χ0) is 10.8. The standard InChI is InChI=1S/C14H10S2/c1-2-5-11(6-3-1)12-9-15-10-13(12)14-7-4-8-16-14/h1-10H. The van der Waals surface area contributed by atoms with Crippen LogP contribution >= 0.6 is 22.7 Å². The van der Waals surface area contributed by atoms with Crippen molar-refractivity contribution in [3.63, 3.8) is 0 Å². The van der Waals surface area contributed by atoms with Gasteiger partial charge in [0.2, 0.25) is 0 Å². The van der Waals surface area contributed by atoms with Gasteiger partial charge in [-0.3, -0.25) is 0 Å². The van der Waals surface area contributed by atoms with E-state index in [4.69, 9.17) is 0 Å². The van der Waals surface area contributed by atoms with Gasteiger partial charge < -0.3 is 0 Å². The van der Waals surface area contributed by atoms with E-state index < -0.39 is 0 Å².